The number of aliphatic hydroxyl groups excluding tert-OH is 2. The lowest BCUT2D eigenvalue weighted by Gasteiger charge is -2.62. The molecule has 5 aliphatic rings. The minimum atomic E-state index is -0.264. The van der Waals surface area contributed by atoms with E-state index < -0.39 is 0 Å². The molecular formula is C28H48N2O2. The van der Waals surface area contributed by atoms with Crippen LogP contribution in [0, 0.1) is 44.8 Å². The molecule has 0 amide bonds. The smallest absolute Gasteiger partial charge is 0.0706 e. The molecule has 2 N–H and O–H groups in total. The second-order valence-electron chi connectivity index (χ2n) is 14.2. The van der Waals surface area contributed by atoms with E-state index in [9.17, 15) is 10.2 Å². The lowest BCUT2D eigenvalue weighted by Crippen LogP contribution is -2.62. The first-order chi connectivity index (χ1) is 14.7. The first kappa shape index (κ1) is 23.3. The van der Waals surface area contributed by atoms with E-state index in [4.69, 9.17) is 0 Å². The third-order valence-corrected chi connectivity index (χ3v) is 12.4. The summed E-state index contributed by atoms with van der Waals surface area (Å²) >= 11 is 0. The Balaban J connectivity index is 1.57. The van der Waals surface area contributed by atoms with E-state index in [1.807, 2.05) is 0 Å². The molecule has 4 fully saturated rings. The quantitative estimate of drug-likeness (QED) is 0.646. The van der Waals surface area contributed by atoms with Crippen molar-refractivity contribution < 1.29 is 10.2 Å². The molecule has 4 nitrogen and oxygen atoms in total. The van der Waals surface area contributed by atoms with Gasteiger partial charge in [0, 0.05) is 18.0 Å². The summed E-state index contributed by atoms with van der Waals surface area (Å²) in [5.41, 5.74) is 0.847. The van der Waals surface area contributed by atoms with Crippen LogP contribution in [0.5, 0.6) is 0 Å². The van der Waals surface area contributed by atoms with Crippen molar-refractivity contribution in [2.75, 3.05) is 28.2 Å². The number of fused-ring (bicyclic) bond motifs is 2. The highest BCUT2D eigenvalue weighted by atomic mass is 16.3. The molecule has 182 valence electrons. The predicted molar refractivity (Wildman–Crippen MR) is 130 cm³/mol. The van der Waals surface area contributed by atoms with Gasteiger partial charge in [-0.2, -0.15) is 0 Å². The van der Waals surface area contributed by atoms with E-state index in [0.717, 1.165) is 12.8 Å². The van der Waals surface area contributed by atoms with Crippen LogP contribution in [-0.2, 0) is 0 Å². The summed E-state index contributed by atoms with van der Waals surface area (Å²) in [6.07, 6.45) is 10.3. The zero-order valence-electron chi connectivity index (χ0n) is 22.0. The maximum atomic E-state index is 11.4. The molecule has 32 heavy (non-hydrogen) atoms. The Kier molecular flexibility index (Phi) is 4.83. The zero-order valence-corrected chi connectivity index (χ0v) is 22.0. The van der Waals surface area contributed by atoms with Crippen molar-refractivity contribution in [2.45, 2.75) is 91.0 Å². The van der Waals surface area contributed by atoms with Gasteiger partial charge in [-0.05, 0) is 106 Å². The molecule has 11 atom stereocenters. The van der Waals surface area contributed by atoms with Crippen molar-refractivity contribution in [1.82, 2.24) is 9.80 Å². The number of hydrogen-bond donors (Lipinski definition) is 2. The van der Waals surface area contributed by atoms with Gasteiger partial charge >= 0.3 is 0 Å². The Morgan fingerprint density at radius 1 is 0.812 bits per heavy atom. The number of nitrogens with zero attached hydrogens (tertiary/aromatic N) is 2. The molecule has 0 radical (unpaired) electrons. The summed E-state index contributed by atoms with van der Waals surface area (Å²) in [6.45, 7) is 12.1. The van der Waals surface area contributed by atoms with Crippen molar-refractivity contribution in [1.29, 1.82) is 0 Å². The number of likely N-dealkylation sites (N-methyl/N-ethyl adjacent to an activating group) is 1. The van der Waals surface area contributed by atoms with Crippen LogP contribution in [-0.4, -0.2) is 72.5 Å². The molecule has 0 aromatic rings. The van der Waals surface area contributed by atoms with E-state index in [1.54, 1.807) is 0 Å². The number of rotatable bonds is 3. The van der Waals surface area contributed by atoms with Crippen LogP contribution in [0.25, 0.3) is 0 Å². The summed E-state index contributed by atoms with van der Waals surface area (Å²) in [6, 6.07) is 0.565. The minimum absolute atomic E-state index is 0.0466. The topological polar surface area (TPSA) is 46.9 Å². The zero-order chi connectivity index (χ0) is 23.6. The summed E-state index contributed by atoms with van der Waals surface area (Å²) in [5, 5.41) is 22.8. The Morgan fingerprint density at radius 3 is 2.03 bits per heavy atom. The average molecular weight is 445 g/mol. The van der Waals surface area contributed by atoms with Gasteiger partial charge in [-0.3, -0.25) is 0 Å². The maximum Gasteiger partial charge on any atom is 0.0706 e. The molecule has 4 saturated carbocycles. The largest absolute Gasteiger partial charge is 0.393 e. The molecule has 0 aromatic carbocycles. The first-order valence-electron chi connectivity index (χ1n) is 13.1. The minimum Gasteiger partial charge on any atom is -0.393 e. The van der Waals surface area contributed by atoms with E-state index in [0.29, 0.717) is 29.2 Å². The molecule has 0 aliphatic heterocycles. The highest BCUT2D eigenvalue weighted by Gasteiger charge is 2.82. The molecule has 0 saturated heterocycles. The predicted octanol–water partition coefficient (Wildman–Crippen LogP) is 4.02. The summed E-state index contributed by atoms with van der Waals surface area (Å²) in [5.74, 6) is 1.35. The summed E-state index contributed by atoms with van der Waals surface area (Å²) < 4.78 is 0. The SMILES string of the molecule is CC(C1C(O)CC2(C)C3C=CC4C(C)(C)C(N(C)C)C(O)CC45CC35CCC12C)N(C)C. The molecule has 2 spiro atoms. The van der Waals surface area contributed by atoms with Gasteiger partial charge in [0.1, 0.15) is 0 Å². The highest BCUT2D eigenvalue weighted by Crippen LogP contribution is 2.87. The van der Waals surface area contributed by atoms with Gasteiger partial charge in [-0.15, -0.1) is 0 Å². The van der Waals surface area contributed by atoms with Crippen LogP contribution >= 0.6 is 0 Å². The van der Waals surface area contributed by atoms with E-state index in [2.05, 4.69) is 84.8 Å². The van der Waals surface area contributed by atoms with Crippen LogP contribution in [0.4, 0.5) is 0 Å². The van der Waals surface area contributed by atoms with Crippen molar-refractivity contribution in [3.63, 3.8) is 0 Å². The molecule has 4 heteroatoms. The average Bonchev–Trinajstić information content (AvgIpc) is 3.24. The first-order valence-corrected chi connectivity index (χ1v) is 13.1. The standard InChI is InChI=1S/C28H48N2O2/c1-17(29(6)7)22-18(31)14-26(5)21-11-10-20-24(2,3)23(30(8)9)19(32)15-28(20)16-27(21,28)13-12-25(22,26)4/h10-11,17-23,31-32H,12-16H2,1-9H3. The van der Waals surface area contributed by atoms with Gasteiger partial charge in [0.2, 0.25) is 0 Å². The summed E-state index contributed by atoms with van der Waals surface area (Å²) in [7, 11) is 8.58. The van der Waals surface area contributed by atoms with Crippen LogP contribution in [0.15, 0.2) is 12.2 Å². The van der Waals surface area contributed by atoms with Crippen LogP contribution in [0.2, 0.25) is 0 Å². The van der Waals surface area contributed by atoms with Crippen molar-refractivity contribution in [3.05, 3.63) is 12.2 Å². The normalized spacial score (nSPS) is 56.4. The van der Waals surface area contributed by atoms with Gasteiger partial charge in [-0.25, -0.2) is 0 Å². The Labute approximate surface area is 196 Å². The van der Waals surface area contributed by atoms with Crippen LogP contribution in [0.1, 0.15) is 66.7 Å². The number of aliphatic hydroxyl groups is 2. The lowest BCUT2D eigenvalue weighted by molar-refractivity contribution is -0.135. The number of hydrogen-bond acceptors (Lipinski definition) is 4. The van der Waals surface area contributed by atoms with Crippen molar-refractivity contribution in [3.8, 4) is 0 Å². The molecule has 5 aliphatic carbocycles. The van der Waals surface area contributed by atoms with Crippen molar-refractivity contribution >= 4 is 0 Å². The van der Waals surface area contributed by atoms with Gasteiger partial charge in [-0.1, -0.05) is 39.8 Å². The Bertz CT molecular complexity index is 822. The highest BCUT2D eigenvalue weighted by molar-refractivity contribution is 5.38. The van der Waals surface area contributed by atoms with Gasteiger partial charge in [0.25, 0.3) is 0 Å². The van der Waals surface area contributed by atoms with Crippen LogP contribution in [0.3, 0.4) is 0 Å². The fourth-order valence-corrected chi connectivity index (χ4v) is 11.0. The van der Waals surface area contributed by atoms with Gasteiger partial charge in [0.05, 0.1) is 12.2 Å². The van der Waals surface area contributed by atoms with Crippen molar-refractivity contribution in [2.24, 2.45) is 44.8 Å². The third kappa shape index (κ3) is 2.44. The molecule has 5 rings (SSSR count). The van der Waals surface area contributed by atoms with Gasteiger partial charge in [0.15, 0.2) is 0 Å². The molecule has 0 heterocycles. The monoisotopic (exact) mass is 444 g/mol. The third-order valence-electron chi connectivity index (χ3n) is 12.4. The Morgan fingerprint density at radius 2 is 1.44 bits per heavy atom. The fraction of sp³-hybridized carbons (Fsp3) is 0.929. The van der Waals surface area contributed by atoms with E-state index in [-0.39, 0.29) is 39.9 Å². The van der Waals surface area contributed by atoms with E-state index >= 15 is 0 Å². The summed E-state index contributed by atoms with van der Waals surface area (Å²) in [4.78, 5) is 4.56. The maximum absolute atomic E-state index is 11.4. The Hall–Kier alpha value is -0.420. The molecule has 0 bridgehead atoms. The van der Waals surface area contributed by atoms with Gasteiger partial charge < -0.3 is 20.0 Å². The number of allylic oxidation sites excluding steroid dienone is 2. The molecule has 0 aromatic heterocycles. The van der Waals surface area contributed by atoms with Crippen LogP contribution < -0.4 is 0 Å². The second kappa shape index (κ2) is 6.62. The van der Waals surface area contributed by atoms with E-state index in [1.165, 1.54) is 19.3 Å². The molecule has 11 unspecified atom stereocenters. The fourth-order valence-electron chi connectivity index (χ4n) is 11.0. The second-order valence-corrected chi connectivity index (χ2v) is 14.2. The molecular weight excluding hydrogens is 396 g/mol. The lowest BCUT2D eigenvalue weighted by atomic mass is 9.43.